The molecule has 0 aliphatic rings. The second-order valence-electron chi connectivity index (χ2n) is 8.04. The predicted molar refractivity (Wildman–Crippen MR) is 104 cm³/mol. The molecule has 0 bridgehead atoms. The van der Waals surface area contributed by atoms with Crippen molar-refractivity contribution in [3.8, 4) is 12.3 Å². The van der Waals surface area contributed by atoms with Crippen molar-refractivity contribution >= 4 is 19.8 Å². The van der Waals surface area contributed by atoms with E-state index in [1.807, 2.05) is 21.1 Å². The zero-order valence-corrected chi connectivity index (χ0v) is 18.5. The van der Waals surface area contributed by atoms with Gasteiger partial charge in [0.05, 0.1) is 34.3 Å². The van der Waals surface area contributed by atoms with E-state index in [1.165, 1.54) is 0 Å². The SMILES string of the molecule is C#CCN(CC(=O)NCCOP(=O)(O)OCC[N+](C)(C)C)C(=O)OC(C)(C)C. The Labute approximate surface area is 167 Å². The largest absolute Gasteiger partial charge is 0.472 e. The van der Waals surface area contributed by atoms with Crippen LogP contribution >= 0.6 is 7.82 Å². The number of hydrogen-bond acceptors (Lipinski definition) is 6. The number of phosphoric acid groups is 1. The fraction of sp³-hybridized carbons (Fsp3) is 0.765. The normalized spacial score (nSPS) is 13.9. The highest BCUT2D eigenvalue weighted by molar-refractivity contribution is 7.47. The van der Waals surface area contributed by atoms with E-state index >= 15 is 0 Å². The molecule has 0 aromatic carbocycles. The van der Waals surface area contributed by atoms with Gasteiger partial charge in [0.25, 0.3) is 0 Å². The van der Waals surface area contributed by atoms with Crippen LogP contribution in [-0.2, 0) is 23.1 Å². The number of ether oxygens (including phenoxy) is 1. The number of hydrogen-bond donors (Lipinski definition) is 2. The molecule has 0 aliphatic heterocycles. The van der Waals surface area contributed by atoms with E-state index in [2.05, 4.69) is 11.2 Å². The molecule has 0 rings (SSSR count). The van der Waals surface area contributed by atoms with Gasteiger partial charge in [-0.25, -0.2) is 9.36 Å². The topological polar surface area (TPSA) is 114 Å². The predicted octanol–water partition coefficient (Wildman–Crippen LogP) is 0.813. The summed E-state index contributed by atoms with van der Waals surface area (Å²) in [6.07, 6.45) is 4.51. The van der Waals surface area contributed by atoms with Crippen molar-refractivity contribution in [1.82, 2.24) is 10.2 Å². The van der Waals surface area contributed by atoms with Crippen molar-refractivity contribution in [2.45, 2.75) is 26.4 Å². The summed E-state index contributed by atoms with van der Waals surface area (Å²) < 4.78 is 27.1. The molecule has 10 nitrogen and oxygen atoms in total. The highest BCUT2D eigenvalue weighted by Crippen LogP contribution is 2.42. The molecule has 0 radical (unpaired) electrons. The molecular formula is C17H33N3O7P+. The van der Waals surface area contributed by atoms with Crippen molar-refractivity contribution in [2.24, 2.45) is 0 Å². The van der Waals surface area contributed by atoms with Gasteiger partial charge in [0, 0.05) is 6.54 Å². The van der Waals surface area contributed by atoms with Crippen LogP contribution in [0.25, 0.3) is 0 Å². The van der Waals surface area contributed by atoms with Gasteiger partial charge in [-0.05, 0) is 20.8 Å². The smallest absolute Gasteiger partial charge is 0.444 e. The van der Waals surface area contributed by atoms with Gasteiger partial charge < -0.3 is 19.4 Å². The number of rotatable bonds is 11. The lowest BCUT2D eigenvalue weighted by Gasteiger charge is -2.25. The first-order valence-electron chi connectivity index (χ1n) is 8.75. The van der Waals surface area contributed by atoms with Gasteiger partial charge in [-0.15, -0.1) is 6.42 Å². The second-order valence-corrected chi connectivity index (χ2v) is 9.49. The summed E-state index contributed by atoms with van der Waals surface area (Å²) in [4.78, 5) is 34.6. The minimum Gasteiger partial charge on any atom is -0.444 e. The zero-order chi connectivity index (χ0) is 22.0. The molecule has 0 aliphatic carbocycles. The van der Waals surface area contributed by atoms with E-state index in [1.54, 1.807) is 20.8 Å². The maximum Gasteiger partial charge on any atom is 0.472 e. The number of phosphoric ester groups is 1. The fourth-order valence-corrected chi connectivity index (χ4v) is 2.38. The van der Waals surface area contributed by atoms with Crippen LogP contribution in [-0.4, -0.2) is 92.4 Å². The molecule has 162 valence electrons. The summed E-state index contributed by atoms with van der Waals surface area (Å²) in [5.41, 5.74) is -0.720. The van der Waals surface area contributed by atoms with E-state index in [9.17, 15) is 19.0 Å². The molecule has 0 aromatic heterocycles. The zero-order valence-electron chi connectivity index (χ0n) is 17.6. The molecule has 28 heavy (non-hydrogen) atoms. The molecule has 0 aromatic rings. The highest BCUT2D eigenvalue weighted by Gasteiger charge is 2.24. The molecule has 0 saturated heterocycles. The first-order valence-corrected chi connectivity index (χ1v) is 10.3. The molecule has 0 heterocycles. The van der Waals surface area contributed by atoms with Gasteiger partial charge in [0.15, 0.2) is 0 Å². The Hall–Kier alpha value is -1.63. The van der Waals surface area contributed by atoms with Crippen molar-refractivity contribution in [3.05, 3.63) is 0 Å². The van der Waals surface area contributed by atoms with Crippen LogP contribution in [0.3, 0.4) is 0 Å². The monoisotopic (exact) mass is 422 g/mol. The number of likely N-dealkylation sites (N-methyl/N-ethyl adjacent to an activating group) is 1. The van der Waals surface area contributed by atoms with Crippen LogP contribution < -0.4 is 5.32 Å². The molecule has 1 atom stereocenters. The van der Waals surface area contributed by atoms with Gasteiger partial charge in [-0.1, -0.05) is 5.92 Å². The van der Waals surface area contributed by atoms with Crippen molar-refractivity contribution in [1.29, 1.82) is 0 Å². The van der Waals surface area contributed by atoms with Gasteiger partial charge in [-0.2, -0.15) is 0 Å². The number of nitrogens with one attached hydrogen (secondary N) is 1. The summed E-state index contributed by atoms with van der Waals surface area (Å²) in [7, 11) is 1.57. The summed E-state index contributed by atoms with van der Waals surface area (Å²) >= 11 is 0. The number of nitrogens with zero attached hydrogens (tertiary/aromatic N) is 2. The fourth-order valence-electron chi connectivity index (χ4n) is 1.67. The van der Waals surface area contributed by atoms with E-state index in [-0.39, 0.29) is 32.8 Å². The average Bonchev–Trinajstić information content (AvgIpc) is 2.48. The maximum atomic E-state index is 12.0. The Morgan fingerprint density at radius 2 is 1.79 bits per heavy atom. The van der Waals surface area contributed by atoms with Crippen molar-refractivity contribution in [2.75, 3.05) is 60.5 Å². The third-order valence-corrected chi connectivity index (χ3v) is 3.98. The van der Waals surface area contributed by atoms with Gasteiger partial charge in [0.1, 0.15) is 25.3 Å². The number of amides is 2. The quantitative estimate of drug-likeness (QED) is 0.219. The van der Waals surface area contributed by atoms with Crippen LogP contribution in [0.15, 0.2) is 0 Å². The molecule has 2 amide bonds. The third-order valence-electron chi connectivity index (χ3n) is 2.96. The van der Waals surface area contributed by atoms with Gasteiger partial charge >= 0.3 is 13.9 Å². The van der Waals surface area contributed by atoms with Crippen molar-refractivity contribution in [3.63, 3.8) is 0 Å². The summed E-state index contributed by atoms with van der Waals surface area (Å²) in [5.74, 6) is 1.78. The Morgan fingerprint density at radius 1 is 1.21 bits per heavy atom. The van der Waals surface area contributed by atoms with Crippen LogP contribution in [0.2, 0.25) is 0 Å². The maximum absolute atomic E-state index is 12.0. The molecule has 11 heteroatoms. The van der Waals surface area contributed by atoms with Crippen LogP contribution in [0, 0.1) is 12.3 Å². The van der Waals surface area contributed by atoms with Crippen LogP contribution in [0.1, 0.15) is 20.8 Å². The lowest BCUT2D eigenvalue weighted by atomic mass is 10.2. The summed E-state index contributed by atoms with van der Waals surface area (Å²) in [5, 5.41) is 2.47. The van der Waals surface area contributed by atoms with E-state index in [0.717, 1.165) is 4.90 Å². The second kappa shape index (κ2) is 11.4. The van der Waals surface area contributed by atoms with E-state index in [4.69, 9.17) is 20.2 Å². The summed E-state index contributed by atoms with van der Waals surface area (Å²) in [6, 6.07) is 0. The van der Waals surface area contributed by atoms with Crippen LogP contribution in [0.4, 0.5) is 4.79 Å². The molecule has 2 N–H and O–H groups in total. The first-order chi connectivity index (χ1) is 12.7. The Balaban J connectivity index is 4.30. The van der Waals surface area contributed by atoms with Gasteiger partial charge in [0.2, 0.25) is 5.91 Å². The lowest BCUT2D eigenvalue weighted by molar-refractivity contribution is -0.870. The minimum atomic E-state index is -4.19. The number of carbonyl (C=O) groups is 2. The molecule has 0 saturated carbocycles. The standard InChI is InChI=1S/C17H32N3O7P/c1-8-10-19(16(22)27-17(2,3)4)14-15(21)18-9-12-25-28(23,24)26-13-11-20(5,6)7/h1H,9-14H2,2-7H3,(H-,18,21,23,24)/p+1. The Kier molecular flexibility index (Phi) is 10.7. The van der Waals surface area contributed by atoms with Crippen LogP contribution in [0.5, 0.6) is 0 Å². The highest BCUT2D eigenvalue weighted by atomic mass is 31.2. The third kappa shape index (κ3) is 14.4. The molecule has 0 fully saturated rings. The molecule has 0 spiro atoms. The average molecular weight is 422 g/mol. The summed E-state index contributed by atoms with van der Waals surface area (Å²) in [6.45, 7) is 5.01. The first kappa shape index (κ1) is 26.4. The minimum absolute atomic E-state index is 0.0414. The number of quaternary nitrogens is 1. The molecular weight excluding hydrogens is 389 g/mol. The number of carbonyl (C=O) groups excluding carboxylic acids is 2. The lowest BCUT2D eigenvalue weighted by Crippen LogP contribution is -2.43. The van der Waals surface area contributed by atoms with E-state index < -0.39 is 25.4 Å². The molecule has 1 unspecified atom stereocenters. The van der Waals surface area contributed by atoms with E-state index in [0.29, 0.717) is 11.0 Å². The Morgan fingerprint density at radius 3 is 2.29 bits per heavy atom. The Bertz CT molecular complexity index is 605. The van der Waals surface area contributed by atoms with Crippen molar-refractivity contribution < 1.29 is 37.3 Å². The number of terminal acetylenes is 1. The van der Waals surface area contributed by atoms with Gasteiger partial charge in [-0.3, -0.25) is 18.7 Å².